The smallest absolute Gasteiger partial charge is 0.106 e. The molecule has 0 aliphatic rings. The van der Waals surface area contributed by atoms with Crippen LogP contribution in [0.1, 0.15) is 26.7 Å². The number of nitrogen functional groups attached to an aromatic ring is 1. The van der Waals surface area contributed by atoms with Gasteiger partial charge in [-0.25, -0.2) is 4.98 Å². The summed E-state index contributed by atoms with van der Waals surface area (Å²) >= 11 is 1.59. The van der Waals surface area contributed by atoms with Gasteiger partial charge in [0.2, 0.25) is 0 Å². The molecule has 2 aromatic rings. The van der Waals surface area contributed by atoms with Gasteiger partial charge in [-0.2, -0.15) is 0 Å². The third kappa shape index (κ3) is 2.42. The lowest BCUT2D eigenvalue weighted by atomic mass is 9.94. The van der Waals surface area contributed by atoms with E-state index >= 15 is 0 Å². The van der Waals surface area contributed by atoms with E-state index in [9.17, 15) is 0 Å². The quantitative estimate of drug-likeness (QED) is 0.727. The summed E-state index contributed by atoms with van der Waals surface area (Å²) in [5.74, 6) is 0. The normalized spacial score (nSPS) is 14.6. The van der Waals surface area contributed by atoms with Crippen LogP contribution in [-0.4, -0.2) is 22.2 Å². The zero-order valence-electron chi connectivity index (χ0n) is 10.7. The Bertz CT molecular complexity index is 540. The molecule has 0 saturated heterocycles. The lowest BCUT2D eigenvalue weighted by molar-refractivity contribution is 0.252. The van der Waals surface area contributed by atoms with Gasteiger partial charge in [0.1, 0.15) is 5.52 Å². The van der Waals surface area contributed by atoms with Crippen molar-refractivity contribution >= 4 is 32.9 Å². The Labute approximate surface area is 111 Å². The number of thiazole rings is 1. The summed E-state index contributed by atoms with van der Waals surface area (Å²) in [4.78, 5) is 4.28. The molecule has 0 radical (unpaired) electrons. The van der Waals surface area contributed by atoms with E-state index in [1.165, 1.54) is 0 Å². The molecule has 4 N–H and O–H groups in total. The number of aliphatic hydroxyl groups excluding tert-OH is 1. The third-order valence-electron chi connectivity index (χ3n) is 3.42. The molecule has 98 valence electrons. The molecular weight excluding hydrogens is 246 g/mol. The number of benzene rings is 1. The van der Waals surface area contributed by atoms with Gasteiger partial charge in [0.25, 0.3) is 0 Å². The first-order valence-corrected chi connectivity index (χ1v) is 6.98. The van der Waals surface area contributed by atoms with Crippen molar-refractivity contribution < 1.29 is 5.11 Å². The van der Waals surface area contributed by atoms with E-state index in [4.69, 9.17) is 10.8 Å². The van der Waals surface area contributed by atoms with Gasteiger partial charge in [-0.1, -0.05) is 6.92 Å². The maximum absolute atomic E-state index is 9.14. The van der Waals surface area contributed by atoms with Crippen LogP contribution < -0.4 is 11.1 Å². The van der Waals surface area contributed by atoms with E-state index in [-0.39, 0.29) is 12.1 Å². The number of nitrogens with two attached hydrogens (primary N) is 1. The number of aliphatic hydroxyl groups is 1. The topological polar surface area (TPSA) is 71.2 Å². The highest BCUT2D eigenvalue weighted by molar-refractivity contribution is 7.16. The van der Waals surface area contributed by atoms with Crippen LogP contribution in [0, 0.1) is 0 Å². The molecule has 1 aromatic heterocycles. The molecule has 2 rings (SSSR count). The first-order valence-electron chi connectivity index (χ1n) is 6.10. The predicted molar refractivity (Wildman–Crippen MR) is 78.1 cm³/mol. The van der Waals surface area contributed by atoms with Crippen molar-refractivity contribution in [2.24, 2.45) is 0 Å². The zero-order chi connectivity index (χ0) is 13.2. The molecule has 1 unspecified atom stereocenters. The van der Waals surface area contributed by atoms with E-state index in [0.29, 0.717) is 12.1 Å². The van der Waals surface area contributed by atoms with Crippen molar-refractivity contribution in [1.29, 1.82) is 0 Å². The minimum atomic E-state index is -0.146. The van der Waals surface area contributed by atoms with Gasteiger partial charge < -0.3 is 16.2 Å². The number of nitrogens with zero attached hydrogens (tertiary/aromatic N) is 1. The summed E-state index contributed by atoms with van der Waals surface area (Å²) in [5.41, 5.74) is 10.2. The maximum atomic E-state index is 9.14. The van der Waals surface area contributed by atoms with Crippen LogP contribution in [0.3, 0.4) is 0 Å². The van der Waals surface area contributed by atoms with Gasteiger partial charge in [-0.3, -0.25) is 0 Å². The molecule has 1 aromatic carbocycles. The van der Waals surface area contributed by atoms with Crippen molar-refractivity contribution in [3.8, 4) is 0 Å². The average Bonchev–Trinajstić information content (AvgIpc) is 2.82. The van der Waals surface area contributed by atoms with Crippen molar-refractivity contribution in [3.63, 3.8) is 0 Å². The lowest BCUT2D eigenvalue weighted by Gasteiger charge is -2.30. The number of hydrogen-bond donors (Lipinski definition) is 3. The summed E-state index contributed by atoms with van der Waals surface area (Å²) in [6.45, 7) is 4.35. The highest BCUT2D eigenvalue weighted by Crippen LogP contribution is 2.32. The number of aromatic nitrogens is 1. The van der Waals surface area contributed by atoms with Crippen LogP contribution in [-0.2, 0) is 0 Å². The van der Waals surface area contributed by atoms with Crippen LogP contribution in [0.25, 0.3) is 10.2 Å². The third-order valence-corrected chi connectivity index (χ3v) is 4.22. The van der Waals surface area contributed by atoms with E-state index in [1.807, 2.05) is 12.1 Å². The first kappa shape index (κ1) is 13.1. The molecule has 0 fully saturated rings. The second kappa shape index (κ2) is 5.12. The standard InChI is InChI=1S/C13H19N3OS/c1-3-13(2,6-7-17)16-9-4-5-10-12(11(9)14)15-8-18-10/h4-5,8,16-17H,3,6-7,14H2,1-2H3. The van der Waals surface area contributed by atoms with Crippen molar-refractivity contribution in [2.45, 2.75) is 32.2 Å². The molecule has 1 heterocycles. The Hall–Kier alpha value is -1.33. The largest absolute Gasteiger partial charge is 0.396 e. The van der Waals surface area contributed by atoms with Crippen LogP contribution in [0.4, 0.5) is 11.4 Å². The fraction of sp³-hybridized carbons (Fsp3) is 0.462. The summed E-state index contributed by atoms with van der Waals surface area (Å²) in [5, 5.41) is 12.6. The molecule has 0 amide bonds. The molecule has 0 spiro atoms. The zero-order valence-corrected chi connectivity index (χ0v) is 11.5. The Morgan fingerprint density at radius 2 is 2.28 bits per heavy atom. The number of rotatable bonds is 5. The number of fused-ring (bicyclic) bond motifs is 1. The molecule has 0 aliphatic carbocycles. The summed E-state index contributed by atoms with van der Waals surface area (Å²) in [7, 11) is 0. The van der Waals surface area contributed by atoms with E-state index in [2.05, 4.69) is 24.1 Å². The average molecular weight is 265 g/mol. The fourth-order valence-electron chi connectivity index (χ4n) is 1.96. The molecular formula is C13H19N3OS. The summed E-state index contributed by atoms with van der Waals surface area (Å²) in [6.07, 6.45) is 1.61. The Morgan fingerprint density at radius 3 is 2.94 bits per heavy atom. The van der Waals surface area contributed by atoms with Crippen molar-refractivity contribution in [2.75, 3.05) is 17.7 Å². The molecule has 5 heteroatoms. The van der Waals surface area contributed by atoms with E-state index in [0.717, 1.165) is 22.3 Å². The van der Waals surface area contributed by atoms with Gasteiger partial charge >= 0.3 is 0 Å². The Morgan fingerprint density at radius 1 is 1.50 bits per heavy atom. The Balaban J connectivity index is 2.33. The molecule has 1 atom stereocenters. The predicted octanol–water partition coefficient (Wildman–Crippen LogP) is 2.84. The summed E-state index contributed by atoms with van der Waals surface area (Å²) < 4.78 is 1.10. The highest BCUT2D eigenvalue weighted by Gasteiger charge is 2.22. The number of anilines is 2. The molecule has 0 bridgehead atoms. The fourth-order valence-corrected chi connectivity index (χ4v) is 2.65. The van der Waals surface area contributed by atoms with Crippen LogP contribution >= 0.6 is 11.3 Å². The number of hydrogen-bond acceptors (Lipinski definition) is 5. The minimum absolute atomic E-state index is 0.146. The maximum Gasteiger partial charge on any atom is 0.106 e. The van der Waals surface area contributed by atoms with Gasteiger partial charge in [-0.05, 0) is 31.9 Å². The lowest BCUT2D eigenvalue weighted by Crippen LogP contribution is -2.35. The Kier molecular flexibility index (Phi) is 3.73. The van der Waals surface area contributed by atoms with Gasteiger partial charge in [0.15, 0.2) is 0 Å². The van der Waals surface area contributed by atoms with Gasteiger partial charge in [0, 0.05) is 12.1 Å². The monoisotopic (exact) mass is 265 g/mol. The van der Waals surface area contributed by atoms with Crippen LogP contribution in [0.5, 0.6) is 0 Å². The second-order valence-electron chi connectivity index (χ2n) is 4.74. The van der Waals surface area contributed by atoms with Crippen LogP contribution in [0.2, 0.25) is 0 Å². The SMILES string of the molecule is CCC(C)(CCO)Nc1ccc2scnc2c1N. The molecule has 4 nitrogen and oxygen atoms in total. The summed E-state index contributed by atoms with van der Waals surface area (Å²) in [6, 6.07) is 4.02. The molecule has 0 aliphatic heterocycles. The van der Waals surface area contributed by atoms with E-state index < -0.39 is 0 Å². The van der Waals surface area contributed by atoms with Gasteiger partial charge in [-0.15, -0.1) is 11.3 Å². The molecule has 18 heavy (non-hydrogen) atoms. The molecule has 0 saturated carbocycles. The van der Waals surface area contributed by atoms with Crippen molar-refractivity contribution in [3.05, 3.63) is 17.6 Å². The second-order valence-corrected chi connectivity index (χ2v) is 5.63. The first-order chi connectivity index (χ1) is 8.59. The highest BCUT2D eigenvalue weighted by atomic mass is 32.1. The van der Waals surface area contributed by atoms with E-state index in [1.54, 1.807) is 16.8 Å². The van der Waals surface area contributed by atoms with Crippen LogP contribution in [0.15, 0.2) is 17.6 Å². The minimum Gasteiger partial charge on any atom is -0.396 e. The van der Waals surface area contributed by atoms with Gasteiger partial charge in [0.05, 0.1) is 21.6 Å². The number of nitrogens with one attached hydrogen (secondary N) is 1. The van der Waals surface area contributed by atoms with Crippen molar-refractivity contribution in [1.82, 2.24) is 4.98 Å².